The highest BCUT2D eigenvalue weighted by Gasteiger charge is 2.27. The first-order chi connectivity index (χ1) is 10.5. The van der Waals surface area contributed by atoms with E-state index >= 15 is 0 Å². The Balaban J connectivity index is 0.00000264. The Morgan fingerprint density at radius 1 is 1.48 bits per heavy atom. The fraction of sp³-hybridized carbons (Fsp3) is 0.500. The molecule has 7 nitrogen and oxygen atoms in total. The number of nitrogens with one attached hydrogen (secondary N) is 1. The van der Waals surface area contributed by atoms with E-state index in [1.807, 2.05) is 0 Å². The van der Waals surface area contributed by atoms with Crippen molar-refractivity contribution in [3.63, 3.8) is 0 Å². The van der Waals surface area contributed by atoms with Crippen LogP contribution >= 0.6 is 12.4 Å². The van der Waals surface area contributed by atoms with Gasteiger partial charge in [-0.3, -0.25) is 14.9 Å². The summed E-state index contributed by atoms with van der Waals surface area (Å²) in [6, 6.07) is 3.20. The van der Waals surface area contributed by atoms with E-state index in [-0.39, 0.29) is 42.6 Å². The van der Waals surface area contributed by atoms with Gasteiger partial charge in [0.2, 0.25) is 5.82 Å². The highest BCUT2D eigenvalue weighted by atomic mass is 35.5. The molecular weight excluding hydrogens is 329 g/mol. The molecule has 0 heterocycles. The third kappa shape index (κ3) is 5.04. The molecular formula is C14H19ClFN3O4. The van der Waals surface area contributed by atoms with Crippen molar-refractivity contribution in [1.29, 1.82) is 0 Å². The van der Waals surface area contributed by atoms with Gasteiger partial charge in [0.1, 0.15) is 5.75 Å². The van der Waals surface area contributed by atoms with Crippen LogP contribution < -0.4 is 15.8 Å². The summed E-state index contributed by atoms with van der Waals surface area (Å²) in [4.78, 5) is 21.5. The number of hydrogen-bond acceptors (Lipinski definition) is 5. The molecule has 23 heavy (non-hydrogen) atoms. The molecule has 1 saturated carbocycles. The fourth-order valence-corrected chi connectivity index (χ4v) is 2.63. The van der Waals surface area contributed by atoms with Gasteiger partial charge >= 0.3 is 5.69 Å². The number of ether oxygens (including phenoxy) is 1. The highest BCUT2D eigenvalue weighted by Crippen LogP contribution is 2.25. The van der Waals surface area contributed by atoms with Gasteiger partial charge in [0, 0.05) is 18.2 Å². The first kappa shape index (κ1) is 19.1. The Kier molecular flexibility index (Phi) is 7.18. The second-order valence-electron chi connectivity index (χ2n) is 5.26. The summed E-state index contributed by atoms with van der Waals surface area (Å²) < 4.78 is 18.6. The predicted octanol–water partition coefficient (Wildman–Crippen LogP) is 1.78. The van der Waals surface area contributed by atoms with Crippen molar-refractivity contribution >= 4 is 24.0 Å². The molecule has 9 heteroatoms. The molecule has 1 aliphatic carbocycles. The molecule has 0 bridgehead atoms. The molecule has 2 rings (SSSR count). The van der Waals surface area contributed by atoms with Gasteiger partial charge in [0.15, 0.2) is 6.61 Å². The standard InChI is InChI=1S/C14H18FN3O4.ClH/c15-11-6-10(4-5-13(11)18(20)21)22-8-14(19)17-12-3-1-2-9(12)7-16;/h4-6,9,12H,1-3,7-8,16H2,(H,17,19);1H. The van der Waals surface area contributed by atoms with Gasteiger partial charge in [0.05, 0.1) is 4.92 Å². The van der Waals surface area contributed by atoms with Crippen molar-refractivity contribution in [2.24, 2.45) is 11.7 Å². The number of halogens is 2. The van der Waals surface area contributed by atoms with Crippen LogP contribution in [-0.4, -0.2) is 30.0 Å². The quantitative estimate of drug-likeness (QED) is 0.602. The summed E-state index contributed by atoms with van der Waals surface area (Å²) in [5.74, 6) is -0.966. The van der Waals surface area contributed by atoms with E-state index < -0.39 is 16.4 Å². The summed E-state index contributed by atoms with van der Waals surface area (Å²) in [5, 5.41) is 13.4. The molecule has 1 amide bonds. The van der Waals surface area contributed by atoms with Crippen LogP contribution in [0.15, 0.2) is 18.2 Å². The molecule has 1 fully saturated rings. The molecule has 128 valence electrons. The number of nitro benzene ring substituents is 1. The monoisotopic (exact) mass is 347 g/mol. The fourth-order valence-electron chi connectivity index (χ4n) is 2.63. The average Bonchev–Trinajstić information content (AvgIpc) is 2.92. The van der Waals surface area contributed by atoms with Gasteiger partial charge in [0.25, 0.3) is 5.91 Å². The molecule has 2 unspecified atom stereocenters. The first-order valence-electron chi connectivity index (χ1n) is 7.07. The Morgan fingerprint density at radius 3 is 2.83 bits per heavy atom. The Bertz CT molecular complexity index is 573. The molecule has 2 atom stereocenters. The van der Waals surface area contributed by atoms with Gasteiger partial charge in [-0.15, -0.1) is 12.4 Å². The van der Waals surface area contributed by atoms with Crippen molar-refractivity contribution in [1.82, 2.24) is 5.32 Å². The second-order valence-corrected chi connectivity index (χ2v) is 5.26. The maximum absolute atomic E-state index is 13.4. The molecule has 0 aromatic heterocycles. The normalized spacial score (nSPS) is 19.7. The van der Waals surface area contributed by atoms with Crippen molar-refractivity contribution in [2.75, 3.05) is 13.2 Å². The van der Waals surface area contributed by atoms with Crippen molar-refractivity contribution in [3.8, 4) is 5.75 Å². The van der Waals surface area contributed by atoms with E-state index in [1.165, 1.54) is 6.07 Å². The first-order valence-corrected chi connectivity index (χ1v) is 7.07. The van der Waals surface area contributed by atoms with Crippen molar-refractivity contribution < 1.29 is 18.8 Å². The zero-order valence-corrected chi connectivity index (χ0v) is 13.2. The Morgan fingerprint density at radius 2 is 2.22 bits per heavy atom. The highest BCUT2D eigenvalue weighted by molar-refractivity contribution is 5.85. The van der Waals surface area contributed by atoms with Gasteiger partial charge in [-0.1, -0.05) is 6.42 Å². The molecule has 1 aromatic rings. The molecule has 0 saturated heterocycles. The van der Waals surface area contributed by atoms with Crippen LogP contribution in [0.4, 0.5) is 10.1 Å². The maximum atomic E-state index is 13.4. The molecule has 3 N–H and O–H groups in total. The van der Waals surface area contributed by atoms with Crippen LogP contribution in [-0.2, 0) is 4.79 Å². The zero-order valence-electron chi connectivity index (χ0n) is 12.4. The second kappa shape index (κ2) is 8.64. The van der Waals surface area contributed by atoms with Gasteiger partial charge in [-0.05, 0) is 31.4 Å². The predicted molar refractivity (Wildman–Crippen MR) is 84.1 cm³/mol. The summed E-state index contributed by atoms with van der Waals surface area (Å²) in [5.41, 5.74) is 5.01. The van der Waals surface area contributed by atoms with Crippen LogP contribution in [0.3, 0.4) is 0 Å². The number of nitrogens with zero attached hydrogens (tertiary/aromatic N) is 1. The van der Waals surface area contributed by atoms with Crippen LogP contribution in [0.5, 0.6) is 5.75 Å². The lowest BCUT2D eigenvalue weighted by Crippen LogP contribution is -2.42. The largest absolute Gasteiger partial charge is 0.484 e. The molecule has 1 aromatic carbocycles. The zero-order chi connectivity index (χ0) is 16.1. The van der Waals surface area contributed by atoms with E-state index in [2.05, 4.69) is 5.32 Å². The molecule has 0 aliphatic heterocycles. The number of amides is 1. The molecule has 1 aliphatic rings. The average molecular weight is 348 g/mol. The minimum absolute atomic E-state index is 0. The van der Waals surface area contributed by atoms with Crippen LogP contribution in [0.1, 0.15) is 19.3 Å². The number of nitro groups is 1. The van der Waals surface area contributed by atoms with E-state index in [1.54, 1.807) is 0 Å². The number of carbonyl (C=O) groups excluding carboxylic acids is 1. The van der Waals surface area contributed by atoms with Gasteiger partial charge in [-0.25, -0.2) is 0 Å². The lowest BCUT2D eigenvalue weighted by molar-refractivity contribution is -0.387. The lowest BCUT2D eigenvalue weighted by Gasteiger charge is -2.19. The maximum Gasteiger partial charge on any atom is 0.305 e. The summed E-state index contributed by atoms with van der Waals surface area (Å²) in [7, 11) is 0. The van der Waals surface area contributed by atoms with Crippen molar-refractivity contribution in [2.45, 2.75) is 25.3 Å². The van der Waals surface area contributed by atoms with Crippen LogP contribution in [0, 0.1) is 21.8 Å². The summed E-state index contributed by atoms with van der Waals surface area (Å²) in [6.07, 6.45) is 2.91. The van der Waals surface area contributed by atoms with E-state index in [9.17, 15) is 19.3 Å². The Labute approximate surface area is 138 Å². The third-order valence-electron chi connectivity index (χ3n) is 3.79. The number of rotatable bonds is 6. The van der Waals surface area contributed by atoms with Gasteiger partial charge in [-0.2, -0.15) is 4.39 Å². The molecule has 0 spiro atoms. The number of carbonyl (C=O) groups is 1. The third-order valence-corrected chi connectivity index (χ3v) is 3.79. The number of hydrogen-bond donors (Lipinski definition) is 2. The molecule has 0 radical (unpaired) electrons. The van der Waals surface area contributed by atoms with E-state index in [4.69, 9.17) is 10.5 Å². The van der Waals surface area contributed by atoms with Crippen molar-refractivity contribution in [3.05, 3.63) is 34.1 Å². The SMILES string of the molecule is Cl.NCC1CCCC1NC(=O)COc1ccc([N+](=O)[O-])c(F)c1. The van der Waals surface area contributed by atoms with Crippen LogP contribution in [0.2, 0.25) is 0 Å². The van der Waals surface area contributed by atoms with Gasteiger partial charge < -0.3 is 15.8 Å². The smallest absolute Gasteiger partial charge is 0.305 e. The van der Waals surface area contributed by atoms with E-state index in [0.29, 0.717) is 6.54 Å². The minimum Gasteiger partial charge on any atom is -0.484 e. The Hall–Kier alpha value is -1.93. The van der Waals surface area contributed by atoms with E-state index in [0.717, 1.165) is 31.4 Å². The number of benzene rings is 1. The van der Waals surface area contributed by atoms with Crippen LogP contribution in [0.25, 0.3) is 0 Å². The lowest BCUT2D eigenvalue weighted by atomic mass is 10.0. The summed E-state index contributed by atoms with van der Waals surface area (Å²) in [6.45, 7) is 0.254. The number of nitrogens with two attached hydrogens (primary N) is 1. The topological polar surface area (TPSA) is 107 Å². The minimum atomic E-state index is -0.998. The summed E-state index contributed by atoms with van der Waals surface area (Å²) >= 11 is 0.